The van der Waals surface area contributed by atoms with Gasteiger partial charge in [-0.2, -0.15) is 0 Å². The fraction of sp³-hybridized carbons (Fsp3) is 0.400. The van der Waals surface area contributed by atoms with Gasteiger partial charge in [-0.1, -0.05) is 5.21 Å². The van der Waals surface area contributed by atoms with E-state index in [1.165, 1.54) is 7.11 Å². The summed E-state index contributed by atoms with van der Waals surface area (Å²) in [4.78, 5) is 14.2. The number of ether oxygens (including phenoxy) is 1. The minimum Gasteiger partial charge on any atom is -0.504 e. The summed E-state index contributed by atoms with van der Waals surface area (Å²) in [7, 11) is 1.51. The van der Waals surface area contributed by atoms with Gasteiger partial charge in [0.2, 0.25) is 0 Å². The van der Waals surface area contributed by atoms with Crippen LogP contribution in [0.4, 0.5) is 0 Å². The number of fused-ring (bicyclic) bond motifs is 1. The summed E-state index contributed by atoms with van der Waals surface area (Å²) in [6.07, 6.45) is 2.36. The van der Waals surface area contributed by atoms with Crippen molar-refractivity contribution in [3.8, 4) is 11.5 Å². The Morgan fingerprint density at radius 3 is 2.91 bits per heavy atom. The van der Waals surface area contributed by atoms with Crippen molar-refractivity contribution in [3.05, 3.63) is 35.2 Å². The standard InChI is InChI=1S/C15H18N4O3/c1-3-19-9-12(16-17-19)15(21)18-5-4-10-6-13(20)14(22-2)7-11(10)8-18/h6-7,9,20H,3-5,8H2,1-2H3. The molecular formula is C15H18N4O3. The first-order valence-corrected chi connectivity index (χ1v) is 7.20. The molecule has 0 saturated heterocycles. The molecule has 1 N–H and O–H groups in total. The number of methoxy groups -OCH3 is 1. The summed E-state index contributed by atoms with van der Waals surface area (Å²) in [5.74, 6) is 0.425. The van der Waals surface area contributed by atoms with Gasteiger partial charge in [-0.25, -0.2) is 0 Å². The van der Waals surface area contributed by atoms with Gasteiger partial charge in [0.25, 0.3) is 5.91 Å². The highest BCUT2D eigenvalue weighted by molar-refractivity contribution is 5.92. The topological polar surface area (TPSA) is 80.5 Å². The van der Waals surface area contributed by atoms with Gasteiger partial charge in [-0.3, -0.25) is 9.48 Å². The van der Waals surface area contributed by atoms with Gasteiger partial charge in [0.15, 0.2) is 17.2 Å². The average Bonchev–Trinajstić information content (AvgIpc) is 3.02. The first-order chi connectivity index (χ1) is 10.6. The monoisotopic (exact) mass is 302 g/mol. The molecule has 1 aromatic carbocycles. The zero-order chi connectivity index (χ0) is 15.7. The summed E-state index contributed by atoms with van der Waals surface area (Å²) >= 11 is 0. The Labute approximate surface area is 128 Å². The molecule has 0 radical (unpaired) electrons. The third-order valence-corrected chi connectivity index (χ3v) is 3.88. The number of aryl methyl sites for hydroxylation is 1. The highest BCUT2D eigenvalue weighted by Crippen LogP contribution is 2.32. The number of benzene rings is 1. The van der Waals surface area contributed by atoms with E-state index in [0.717, 1.165) is 11.1 Å². The number of hydrogen-bond donors (Lipinski definition) is 1. The van der Waals surface area contributed by atoms with Crippen LogP contribution in [0, 0.1) is 0 Å². The molecule has 0 atom stereocenters. The average molecular weight is 302 g/mol. The van der Waals surface area contributed by atoms with Crippen LogP contribution in [0.5, 0.6) is 11.5 Å². The van der Waals surface area contributed by atoms with E-state index >= 15 is 0 Å². The van der Waals surface area contributed by atoms with Gasteiger partial charge in [-0.05, 0) is 36.6 Å². The zero-order valence-electron chi connectivity index (χ0n) is 12.6. The number of rotatable bonds is 3. The maximum absolute atomic E-state index is 12.5. The molecular weight excluding hydrogens is 284 g/mol. The molecule has 0 saturated carbocycles. The second-order valence-electron chi connectivity index (χ2n) is 5.23. The van der Waals surface area contributed by atoms with Crippen molar-refractivity contribution < 1.29 is 14.6 Å². The van der Waals surface area contributed by atoms with Gasteiger partial charge >= 0.3 is 0 Å². The molecule has 0 spiro atoms. The summed E-state index contributed by atoms with van der Waals surface area (Å²) in [5.41, 5.74) is 2.38. The fourth-order valence-corrected chi connectivity index (χ4v) is 2.62. The van der Waals surface area contributed by atoms with Crippen LogP contribution in [0.1, 0.15) is 28.5 Å². The van der Waals surface area contributed by atoms with Crippen molar-refractivity contribution in [1.29, 1.82) is 0 Å². The van der Waals surface area contributed by atoms with Crippen molar-refractivity contribution in [2.75, 3.05) is 13.7 Å². The normalized spacial score (nSPS) is 13.8. The molecule has 1 amide bonds. The number of hydrogen-bond acceptors (Lipinski definition) is 5. The Bertz CT molecular complexity index is 711. The molecule has 7 heteroatoms. The summed E-state index contributed by atoms with van der Waals surface area (Å²) in [5, 5.41) is 17.6. The highest BCUT2D eigenvalue weighted by Gasteiger charge is 2.25. The third-order valence-electron chi connectivity index (χ3n) is 3.88. The minimum absolute atomic E-state index is 0.127. The van der Waals surface area contributed by atoms with E-state index in [4.69, 9.17) is 4.74 Å². The lowest BCUT2D eigenvalue weighted by molar-refractivity contribution is 0.0728. The van der Waals surface area contributed by atoms with Crippen molar-refractivity contribution in [2.45, 2.75) is 26.4 Å². The lowest BCUT2D eigenvalue weighted by Gasteiger charge is -2.28. The van der Waals surface area contributed by atoms with Gasteiger partial charge in [0, 0.05) is 19.6 Å². The number of carbonyl (C=O) groups excluding carboxylic acids is 1. The van der Waals surface area contributed by atoms with Crippen LogP contribution in [0.2, 0.25) is 0 Å². The van der Waals surface area contributed by atoms with Crippen LogP contribution in [0.25, 0.3) is 0 Å². The maximum Gasteiger partial charge on any atom is 0.276 e. The maximum atomic E-state index is 12.5. The van der Waals surface area contributed by atoms with Gasteiger partial charge in [0.1, 0.15) is 0 Å². The van der Waals surface area contributed by atoms with Crippen LogP contribution < -0.4 is 4.74 Å². The largest absolute Gasteiger partial charge is 0.504 e. The molecule has 0 bridgehead atoms. The van der Waals surface area contributed by atoms with Crippen LogP contribution in [0.3, 0.4) is 0 Å². The third kappa shape index (κ3) is 2.49. The zero-order valence-corrected chi connectivity index (χ0v) is 12.6. The minimum atomic E-state index is -0.127. The van der Waals surface area contributed by atoms with E-state index in [2.05, 4.69) is 10.3 Å². The van der Waals surface area contributed by atoms with E-state index in [0.29, 0.717) is 37.5 Å². The summed E-state index contributed by atoms with van der Waals surface area (Å²) in [6.45, 7) is 3.69. The van der Waals surface area contributed by atoms with E-state index in [9.17, 15) is 9.90 Å². The second kappa shape index (κ2) is 5.67. The summed E-state index contributed by atoms with van der Waals surface area (Å²) < 4.78 is 6.76. The SMILES string of the molecule is CCn1cc(C(=O)N2CCc3cc(O)c(OC)cc3C2)nn1. The van der Waals surface area contributed by atoms with Crippen LogP contribution in [-0.4, -0.2) is 44.6 Å². The molecule has 2 aromatic rings. The Kier molecular flexibility index (Phi) is 3.70. The first-order valence-electron chi connectivity index (χ1n) is 7.20. The predicted molar refractivity (Wildman–Crippen MR) is 78.8 cm³/mol. The van der Waals surface area contributed by atoms with Crippen LogP contribution >= 0.6 is 0 Å². The van der Waals surface area contributed by atoms with Crippen LogP contribution in [0.15, 0.2) is 18.3 Å². The van der Waals surface area contributed by atoms with Crippen LogP contribution in [-0.2, 0) is 19.5 Å². The lowest BCUT2D eigenvalue weighted by atomic mass is 9.98. The molecule has 1 aromatic heterocycles. The smallest absolute Gasteiger partial charge is 0.276 e. The predicted octanol–water partition coefficient (Wildman–Crippen LogP) is 1.21. The lowest BCUT2D eigenvalue weighted by Crippen LogP contribution is -2.36. The summed E-state index contributed by atoms with van der Waals surface area (Å²) in [6, 6.07) is 3.50. The Morgan fingerprint density at radius 2 is 2.23 bits per heavy atom. The molecule has 0 aliphatic carbocycles. The molecule has 3 rings (SSSR count). The fourth-order valence-electron chi connectivity index (χ4n) is 2.62. The number of phenols is 1. The highest BCUT2D eigenvalue weighted by atomic mass is 16.5. The quantitative estimate of drug-likeness (QED) is 0.922. The van der Waals surface area contributed by atoms with Crippen molar-refractivity contribution in [1.82, 2.24) is 19.9 Å². The Balaban J connectivity index is 1.82. The molecule has 0 fully saturated rings. The molecule has 2 heterocycles. The molecule has 1 aliphatic heterocycles. The van der Waals surface area contributed by atoms with E-state index in [1.54, 1.807) is 27.9 Å². The number of aromatic hydroxyl groups is 1. The molecule has 116 valence electrons. The van der Waals surface area contributed by atoms with Crippen molar-refractivity contribution >= 4 is 5.91 Å². The number of phenolic OH excluding ortho intramolecular Hbond substituents is 1. The molecule has 1 aliphatic rings. The second-order valence-corrected chi connectivity index (χ2v) is 5.23. The van der Waals surface area contributed by atoms with Crippen molar-refractivity contribution in [3.63, 3.8) is 0 Å². The van der Waals surface area contributed by atoms with Gasteiger partial charge in [0.05, 0.1) is 13.3 Å². The number of carbonyl (C=O) groups is 1. The van der Waals surface area contributed by atoms with E-state index < -0.39 is 0 Å². The Morgan fingerprint density at radius 1 is 1.41 bits per heavy atom. The number of amides is 1. The number of aromatic nitrogens is 3. The molecule has 22 heavy (non-hydrogen) atoms. The molecule has 0 unspecified atom stereocenters. The van der Waals surface area contributed by atoms with E-state index in [-0.39, 0.29) is 11.7 Å². The number of nitrogens with zero attached hydrogens (tertiary/aromatic N) is 4. The van der Waals surface area contributed by atoms with E-state index in [1.807, 2.05) is 6.92 Å². The van der Waals surface area contributed by atoms with Gasteiger partial charge < -0.3 is 14.7 Å². The Hall–Kier alpha value is -2.57. The molecule has 7 nitrogen and oxygen atoms in total. The first kappa shape index (κ1) is 14.4. The van der Waals surface area contributed by atoms with Gasteiger partial charge in [-0.15, -0.1) is 5.10 Å². The van der Waals surface area contributed by atoms with Crippen molar-refractivity contribution in [2.24, 2.45) is 0 Å².